The van der Waals surface area contributed by atoms with Crippen LogP contribution in [0.5, 0.6) is 0 Å². The Kier molecular flexibility index (Phi) is 13.6. The van der Waals surface area contributed by atoms with E-state index in [1.165, 1.54) is 7.11 Å². The lowest BCUT2D eigenvalue weighted by molar-refractivity contribution is -0.409. The number of rotatable bonds is 12. The summed E-state index contributed by atoms with van der Waals surface area (Å²) in [6.45, 7) is 19.9. The van der Waals surface area contributed by atoms with E-state index in [0.29, 0.717) is 44.9 Å². The number of Topliss-reactive ketones (excluding diaryl/α,β-unsaturated/α-hetero) is 1. The number of methoxy groups -OCH3 is 1. The van der Waals surface area contributed by atoms with E-state index in [0.717, 1.165) is 19.3 Å². The summed E-state index contributed by atoms with van der Waals surface area (Å²) in [6.07, 6.45) is 6.11. The Hall–Kier alpha value is -1.44. The highest BCUT2D eigenvalue weighted by molar-refractivity contribution is 5.84. The topological polar surface area (TPSA) is 150 Å². The highest BCUT2D eigenvalue weighted by Crippen LogP contribution is 2.54. The van der Waals surface area contributed by atoms with Gasteiger partial charge in [0.2, 0.25) is 5.79 Å². The maximum Gasteiger partial charge on any atom is 0.311 e. The lowest BCUT2D eigenvalue weighted by atomic mass is 9.72. The van der Waals surface area contributed by atoms with Gasteiger partial charge in [0.05, 0.1) is 60.9 Å². The number of aliphatic hydroxyl groups excluding tert-OH is 2. The molecule has 0 aromatic heterocycles. The summed E-state index contributed by atoms with van der Waals surface area (Å²) in [6, 6.07) is 0. The summed E-state index contributed by atoms with van der Waals surface area (Å²) in [5.74, 6) is -4.78. The molecule has 5 heterocycles. The Morgan fingerprint density at radius 3 is 2.20 bits per heavy atom. The number of esters is 1. The third-order valence-corrected chi connectivity index (χ3v) is 14.6. The van der Waals surface area contributed by atoms with Crippen LogP contribution in [0.1, 0.15) is 133 Å². The predicted octanol–water partition coefficient (Wildman–Crippen LogP) is 6.28. The summed E-state index contributed by atoms with van der Waals surface area (Å²) < 4.78 is 38.7. The first-order valence-corrected chi connectivity index (χ1v) is 21.1. The van der Waals surface area contributed by atoms with Crippen LogP contribution in [0.3, 0.4) is 0 Å². The van der Waals surface area contributed by atoms with E-state index in [1.807, 2.05) is 41.5 Å². The Labute approximate surface area is 324 Å². The molecule has 0 aliphatic carbocycles. The zero-order valence-corrected chi connectivity index (χ0v) is 34.9. The van der Waals surface area contributed by atoms with Gasteiger partial charge >= 0.3 is 5.97 Å². The van der Waals surface area contributed by atoms with Crippen LogP contribution in [-0.2, 0) is 38.0 Å². The van der Waals surface area contributed by atoms with Crippen LogP contribution in [0.25, 0.3) is 0 Å². The van der Waals surface area contributed by atoms with Crippen LogP contribution in [0.4, 0.5) is 0 Å². The van der Waals surface area contributed by atoms with E-state index in [4.69, 9.17) is 28.4 Å². The monoisotopic (exact) mass is 765 g/mol. The van der Waals surface area contributed by atoms with Crippen molar-refractivity contribution in [3.8, 4) is 0 Å². The third-order valence-electron chi connectivity index (χ3n) is 14.6. The summed E-state index contributed by atoms with van der Waals surface area (Å²) in [5.41, 5.74) is -1.62. The number of carbonyl (C=O) groups is 2. The Balaban J connectivity index is 1.31. The molecule has 0 saturated carbocycles. The van der Waals surface area contributed by atoms with Crippen molar-refractivity contribution in [1.29, 1.82) is 0 Å². The maximum atomic E-state index is 14.5. The molecule has 11 nitrogen and oxygen atoms in total. The Morgan fingerprint density at radius 1 is 0.907 bits per heavy atom. The van der Waals surface area contributed by atoms with Gasteiger partial charge in [-0.3, -0.25) is 9.59 Å². The second-order valence-corrected chi connectivity index (χ2v) is 18.1. The van der Waals surface area contributed by atoms with Gasteiger partial charge in [-0.1, -0.05) is 55.4 Å². The highest BCUT2D eigenvalue weighted by atomic mass is 16.8. The molecule has 54 heavy (non-hydrogen) atoms. The van der Waals surface area contributed by atoms with E-state index in [2.05, 4.69) is 20.8 Å². The second kappa shape index (κ2) is 16.8. The van der Waals surface area contributed by atoms with Gasteiger partial charge < -0.3 is 43.7 Å². The molecule has 0 radical (unpaired) electrons. The van der Waals surface area contributed by atoms with E-state index in [9.17, 15) is 24.9 Å². The minimum Gasteiger partial charge on any atom is -0.469 e. The number of carbonyl (C=O) groups excluding carboxylic acids is 2. The van der Waals surface area contributed by atoms with E-state index >= 15 is 0 Å². The molecule has 310 valence electrons. The molecular formula is C43H72O11. The Bertz CT molecular complexity index is 1340. The molecule has 5 aliphatic rings. The molecule has 0 aromatic rings. The van der Waals surface area contributed by atoms with Crippen LogP contribution >= 0.6 is 0 Å². The smallest absolute Gasteiger partial charge is 0.311 e. The zero-order chi connectivity index (χ0) is 40.0. The van der Waals surface area contributed by atoms with Gasteiger partial charge in [0, 0.05) is 30.1 Å². The van der Waals surface area contributed by atoms with Crippen LogP contribution in [0, 0.1) is 41.4 Å². The molecule has 18 atom stereocenters. The van der Waals surface area contributed by atoms with Crippen LogP contribution < -0.4 is 0 Å². The molecular weight excluding hydrogens is 692 g/mol. The minimum absolute atomic E-state index is 0.0250. The van der Waals surface area contributed by atoms with Crippen molar-refractivity contribution in [2.24, 2.45) is 41.4 Å². The fourth-order valence-corrected chi connectivity index (χ4v) is 10.6. The van der Waals surface area contributed by atoms with Crippen LogP contribution in [0.2, 0.25) is 0 Å². The highest BCUT2D eigenvalue weighted by Gasteiger charge is 2.63. The molecule has 4 saturated heterocycles. The molecule has 0 unspecified atom stereocenters. The van der Waals surface area contributed by atoms with Crippen molar-refractivity contribution < 1.29 is 53.3 Å². The van der Waals surface area contributed by atoms with Gasteiger partial charge in [0.25, 0.3) is 0 Å². The lowest BCUT2D eigenvalue weighted by Crippen LogP contribution is -2.63. The van der Waals surface area contributed by atoms with Crippen molar-refractivity contribution in [2.75, 3.05) is 7.11 Å². The molecule has 2 spiro atoms. The number of ketones is 1. The molecule has 5 rings (SSSR count). The average Bonchev–Trinajstić information content (AvgIpc) is 3.50. The average molecular weight is 765 g/mol. The summed E-state index contributed by atoms with van der Waals surface area (Å²) in [4.78, 5) is 27.0. The van der Waals surface area contributed by atoms with Gasteiger partial charge in [-0.2, -0.15) is 0 Å². The van der Waals surface area contributed by atoms with E-state index in [1.54, 1.807) is 19.1 Å². The first kappa shape index (κ1) is 43.7. The molecule has 0 amide bonds. The quantitative estimate of drug-likeness (QED) is 0.152. The summed E-state index contributed by atoms with van der Waals surface area (Å²) in [5, 5.41) is 34.3. The van der Waals surface area contributed by atoms with Crippen molar-refractivity contribution in [3.05, 3.63) is 12.2 Å². The normalized spacial score (nSPS) is 45.5. The standard InChI is InChI=1S/C43H72O11/c1-12-30(39(47)49-11)32-16-15-24(4)37(51-32)28(8)35(45)27(7)36(46)31(13-2)38-25(5)23-26(6)42(52-38)20-17-33(44)43(54-42)22-21-40(10,53-43)34-18-19-41(48,14-3)29(9)50-34/h17,20,24-35,37-38,44-45,48H,12-16,18-19,21-23H2,1-11H3/t24-,25-,26+,27-,28-,29-,30+,31-,32+,33-,34+,35+,37+,38-,40-,41+,42+,43-/m0/s1. The van der Waals surface area contributed by atoms with Crippen molar-refractivity contribution in [2.45, 2.75) is 199 Å². The molecule has 5 aliphatic heterocycles. The molecule has 11 heteroatoms. The van der Waals surface area contributed by atoms with Gasteiger partial charge in [-0.05, 0) is 95.6 Å². The number of ether oxygens (including phenoxy) is 6. The number of aliphatic hydroxyl groups is 3. The number of hydrogen-bond donors (Lipinski definition) is 3. The summed E-state index contributed by atoms with van der Waals surface area (Å²) >= 11 is 0. The van der Waals surface area contributed by atoms with Crippen molar-refractivity contribution >= 4 is 11.8 Å². The predicted molar refractivity (Wildman–Crippen MR) is 203 cm³/mol. The third kappa shape index (κ3) is 8.00. The SMILES string of the molecule is CC[C@@H](C(=O)[C@@H](C)[C@@H](O)[C@H](C)[C@@H]1O[C@@H]([C@@H](CC)C(=O)OC)CC[C@@H]1C)[C@H]1O[C@@]2(C=C[C@H](O)[C@]3(CC[C@@](C)([C@H]4CC[C@](O)(CC)[C@H](C)O4)O3)O2)[C@H](C)C[C@@H]1C. The molecule has 0 bridgehead atoms. The fourth-order valence-electron chi connectivity index (χ4n) is 10.6. The largest absolute Gasteiger partial charge is 0.469 e. The van der Waals surface area contributed by atoms with Crippen molar-refractivity contribution in [1.82, 2.24) is 0 Å². The molecule has 0 aromatic carbocycles. The van der Waals surface area contributed by atoms with Gasteiger partial charge in [0.1, 0.15) is 11.9 Å². The van der Waals surface area contributed by atoms with E-state index in [-0.39, 0.29) is 65.8 Å². The van der Waals surface area contributed by atoms with Crippen molar-refractivity contribution in [3.63, 3.8) is 0 Å². The number of hydrogen-bond acceptors (Lipinski definition) is 11. The first-order valence-electron chi connectivity index (χ1n) is 21.1. The summed E-state index contributed by atoms with van der Waals surface area (Å²) in [7, 11) is 1.40. The van der Waals surface area contributed by atoms with Gasteiger partial charge in [-0.15, -0.1) is 0 Å². The van der Waals surface area contributed by atoms with Gasteiger partial charge in [0.15, 0.2) is 5.79 Å². The lowest BCUT2D eigenvalue weighted by Gasteiger charge is -2.54. The Morgan fingerprint density at radius 2 is 1.59 bits per heavy atom. The zero-order valence-electron chi connectivity index (χ0n) is 34.9. The molecule has 3 N–H and O–H groups in total. The minimum atomic E-state index is -1.36. The van der Waals surface area contributed by atoms with E-state index < -0.39 is 52.9 Å². The van der Waals surface area contributed by atoms with Crippen LogP contribution in [0.15, 0.2) is 12.2 Å². The second-order valence-electron chi connectivity index (χ2n) is 18.1. The van der Waals surface area contributed by atoms with Gasteiger partial charge in [-0.25, -0.2) is 0 Å². The fraction of sp³-hybridized carbons (Fsp3) is 0.907. The van der Waals surface area contributed by atoms with Crippen LogP contribution in [-0.4, -0.2) is 99.7 Å². The molecule has 4 fully saturated rings. The first-order chi connectivity index (χ1) is 25.3. The maximum absolute atomic E-state index is 14.5.